The molecule has 2 unspecified atom stereocenters. The molecule has 0 bridgehead atoms. The molecule has 18 heavy (non-hydrogen) atoms. The Kier molecular flexibility index (Phi) is 3.38. The Morgan fingerprint density at radius 3 is 2.83 bits per heavy atom. The summed E-state index contributed by atoms with van der Waals surface area (Å²) in [5, 5.41) is 18.4. The molecule has 2 atom stereocenters. The van der Waals surface area contributed by atoms with Gasteiger partial charge in [0.15, 0.2) is 0 Å². The molecule has 1 aromatic rings. The quantitative estimate of drug-likeness (QED) is 0.820. The lowest BCUT2D eigenvalue weighted by Gasteiger charge is -2.29. The molecule has 1 aromatic heterocycles. The molecule has 98 valence electrons. The zero-order chi connectivity index (χ0) is 13.3. The van der Waals surface area contributed by atoms with Crippen LogP contribution in [0.2, 0.25) is 0 Å². The van der Waals surface area contributed by atoms with E-state index in [2.05, 4.69) is 0 Å². The van der Waals surface area contributed by atoms with E-state index in [0.717, 1.165) is 12.1 Å². The van der Waals surface area contributed by atoms with Crippen LogP contribution in [0.3, 0.4) is 0 Å². The minimum absolute atomic E-state index is 0.00824. The second-order valence-electron chi connectivity index (χ2n) is 4.47. The lowest BCUT2D eigenvalue weighted by molar-refractivity contribution is 0.00427. The van der Waals surface area contributed by atoms with Gasteiger partial charge in [-0.05, 0) is 19.8 Å². The smallest absolute Gasteiger partial charge is 0.352 e. The number of aromatic carboxylic acids is 1. The van der Waals surface area contributed by atoms with Gasteiger partial charge in [0.2, 0.25) is 0 Å². The summed E-state index contributed by atoms with van der Waals surface area (Å²) in [4.78, 5) is 23.0. The van der Waals surface area contributed by atoms with Gasteiger partial charge in [-0.15, -0.1) is 0 Å². The van der Waals surface area contributed by atoms with Crippen molar-refractivity contribution in [2.45, 2.75) is 31.9 Å². The maximum absolute atomic E-state index is 11.9. The molecule has 2 rings (SSSR count). The normalized spacial score (nSPS) is 23.8. The summed E-state index contributed by atoms with van der Waals surface area (Å²) < 4.78 is 6.62. The van der Waals surface area contributed by atoms with E-state index < -0.39 is 11.5 Å². The van der Waals surface area contributed by atoms with E-state index in [1.54, 1.807) is 0 Å². The molecule has 1 aliphatic rings. The molecule has 0 aromatic carbocycles. The van der Waals surface area contributed by atoms with Gasteiger partial charge in [0.1, 0.15) is 11.4 Å². The fourth-order valence-electron chi connectivity index (χ4n) is 2.32. The molecule has 2 N–H and O–H groups in total. The van der Waals surface area contributed by atoms with E-state index in [0.29, 0.717) is 19.4 Å². The Labute approximate surface area is 103 Å². The van der Waals surface area contributed by atoms with Gasteiger partial charge in [-0.1, -0.05) is 0 Å². The summed E-state index contributed by atoms with van der Waals surface area (Å²) in [5.74, 6) is -1.55. The number of rotatable bonds is 2. The van der Waals surface area contributed by atoms with Crippen LogP contribution in [0.5, 0.6) is 5.75 Å². The van der Waals surface area contributed by atoms with Crippen molar-refractivity contribution < 1.29 is 19.7 Å². The molecule has 0 spiro atoms. The number of aromatic hydroxyl groups is 1. The van der Waals surface area contributed by atoms with Gasteiger partial charge in [-0.3, -0.25) is 9.36 Å². The van der Waals surface area contributed by atoms with E-state index >= 15 is 0 Å². The van der Waals surface area contributed by atoms with Gasteiger partial charge in [-0.2, -0.15) is 0 Å². The monoisotopic (exact) mass is 253 g/mol. The summed E-state index contributed by atoms with van der Waals surface area (Å²) in [6.45, 7) is 2.39. The third kappa shape index (κ3) is 2.38. The summed E-state index contributed by atoms with van der Waals surface area (Å²) in [6.07, 6.45) is 1.17. The van der Waals surface area contributed by atoms with E-state index in [9.17, 15) is 14.7 Å². The van der Waals surface area contributed by atoms with Crippen molar-refractivity contribution in [3.63, 3.8) is 0 Å². The lowest BCUT2D eigenvalue weighted by Crippen LogP contribution is -2.34. The van der Waals surface area contributed by atoms with E-state index in [4.69, 9.17) is 9.84 Å². The van der Waals surface area contributed by atoms with Crippen LogP contribution in [0, 0.1) is 0 Å². The van der Waals surface area contributed by atoms with Gasteiger partial charge in [-0.25, -0.2) is 4.79 Å². The molecule has 2 heterocycles. The van der Waals surface area contributed by atoms with Crippen LogP contribution >= 0.6 is 0 Å². The maximum atomic E-state index is 11.9. The van der Waals surface area contributed by atoms with E-state index in [1.807, 2.05) is 6.92 Å². The Hall–Kier alpha value is -1.82. The second kappa shape index (κ2) is 4.81. The Morgan fingerprint density at radius 2 is 2.22 bits per heavy atom. The Morgan fingerprint density at radius 1 is 1.50 bits per heavy atom. The predicted octanol–water partition coefficient (Wildman–Crippen LogP) is 0.992. The molecular weight excluding hydrogens is 238 g/mol. The SMILES string of the molecule is CC1CC(n2c(C(=O)O)cc(O)cc2=O)CCO1. The van der Waals surface area contributed by atoms with Gasteiger partial charge < -0.3 is 14.9 Å². The van der Waals surface area contributed by atoms with Crippen LogP contribution in [-0.4, -0.2) is 33.5 Å². The maximum Gasteiger partial charge on any atom is 0.352 e. The van der Waals surface area contributed by atoms with Crippen LogP contribution in [0.25, 0.3) is 0 Å². The molecule has 6 nitrogen and oxygen atoms in total. The van der Waals surface area contributed by atoms with Gasteiger partial charge in [0.25, 0.3) is 5.56 Å². The minimum atomic E-state index is -1.22. The minimum Gasteiger partial charge on any atom is -0.508 e. The molecule has 6 heteroatoms. The zero-order valence-electron chi connectivity index (χ0n) is 10.00. The number of hydrogen-bond acceptors (Lipinski definition) is 4. The zero-order valence-corrected chi connectivity index (χ0v) is 10.00. The van der Waals surface area contributed by atoms with Crippen LogP contribution in [0.1, 0.15) is 36.3 Å². The van der Waals surface area contributed by atoms with Crippen molar-refractivity contribution in [3.8, 4) is 5.75 Å². The molecule has 0 aliphatic carbocycles. The van der Waals surface area contributed by atoms with Crippen molar-refractivity contribution in [2.24, 2.45) is 0 Å². The molecule has 0 amide bonds. The van der Waals surface area contributed by atoms with Crippen molar-refractivity contribution >= 4 is 5.97 Å². The van der Waals surface area contributed by atoms with Crippen molar-refractivity contribution in [2.75, 3.05) is 6.61 Å². The topological polar surface area (TPSA) is 88.8 Å². The number of hydrogen-bond donors (Lipinski definition) is 2. The Balaban J connectivity index is 2.48. The van der Waals surface area contributed by atoms with Crippen LogP contribution < -0.4 is 5.56 Å². The number of carboxylic acids is 1. The highest BCUT2D eigenvalue weighted by atomic mass is 16.5. The number of carbonyl (C=O) groups is 1. The summed E-state index contributed by atoms with van der Waals surface area (Å²) >= 11 is 0. The average molecular weight is 253 g/mol. The number of nitrogens with zero attached hydrogens (tertiary/aromatic N) is 1. The number of pyridine rings is 1. The van der Waals surface area contributed by atoms with Crippen LogP contribution in [0.4, 0.5) is 0 Å². The first-order valence-electron chi connectivity index (χ1n) is 5.79. The summed E-state index contributed by atoms with van der Waals surface area (Å²) in [6, 6.07) is 1.93. The van der Waals surface area contributed by atoms with Crippen LogP contribution in [-0.2, 0) is 4.74 Å². The highest BCUT2D eigenvalue weighted by molar-refractivity contribution is 5.86. The molecule has 1 saturated heterocycles. The highest BCUT2D eigenvalue weighted by Crippen LogP contribution is 2.25. The molecule has 0 saturated carbocycles. The fraction of sp³-hybridized carbons (Fsp3) is 0.500. The van der Waals surface area contributed by atoms with Crippen LogP contribution in [0.15, 0.2) is 16.9 Å². The van der Waals surface area contributed by atoms with Crippen molar-refractivity contribution in [1.29, 1.82) is 0 Å². The first-order chi connectivity index (χ1) is 8.49. The van der Waals surface area contributed by atoms with Crippen molar-refractivity contribution in [3.05, 3.63) is 28.2 Å². The predicted molar refractivity (Wildman–Crippen MR) is 63.0 cm³/mol. The third-order valence-electron chi connectivity index (χ3n) is 3.09. The number of carboxylic acid groups (broad SMARTS) is 1. The average Bonchev–Trinajstić information content (AvgIpc) is 2.27. The first-order valence-corrected chi connectivity index (χ1v) is 5.79. The van der Waals surface area contributed by atoms with Crippen molar-refractivity contribution in [1.82, 2.24) is 4.57 Å². The summed E-state index contributed by atoms with van der Waals surface area (Å²) in [5.41, 5.74) is -0.675. The number of aromatic nitrogens is 1. The largest absolute Gasteiger partial charge is 0.508 e. The Bertz CT molecular complexity index is 522. The third-order valence-corrected chi connectivity index (χ3v) is 3.09. The first kappa shape index (κ1) is 12.6. The molecule has 0 radical (unpaired) electrons. The highest BCUT2D eigenvalue weighted by Gasteiger charge is 2.25. The molecule has 1 aliphatic heterocycles. The second-order valence-corrected chi connectivity index (χ2v) is 4.47. The van der Waals surface area contributed by atoms with E-state index in [1.165, 1.54) is 4.57 Å². The fourth-order valence-corrected chi connectivity index (χ4v) is 2.32. The summed E-state index contributed by atoms with van der Waals surface area (Å²) in [7, 11) is 0. The van der Waals surface area contributed by atoms with E-state index in [-0.39, 0.29) is 23.6 Å². The number of ether oxygens (including phenoxy) is 1. The van der Waals surface area contributed by atoms with Gasteiger partial charge in [0.05, 0.1) is 6.10 Å². The molecule has 1 fully saturated rings. The molecular formula is C12H15NO5. The van der Waals surface area contributed by atoms with Gasteiger partial charge >= 0.3 is 5.97 Å². The standard InChI is InChI=1S/C12H15NO5/c1-7-4-8(2-3-18-7)13-10(12(16)17)5-9(14)6-11(13)15/h5-8,14H,2-4H2,1H3,(H,16,17). The lowest BCUT2D eigenvalue weighted by atomic mass is 10.0. The van der Waals surface area contributed by atoms with Gasteiger partial charge in [0, 0.05) is 24.8 Å².